The average molecular weight is 257 g/mol. The van der Waals surface area contributed by atoms with Crippen LogP contribution in [0.4, 0.5) is 0 Å². The highest BCUT2D eigenvalue weighted by molar-refractivity contribution is 5.78. The van der Waals surface area contributed by atoms with Crippen molar-refractivity contribution in [1.29, 1.82) is 0 Å². The third kappa shape index (κ3) is 8.09. The molecule has 0 radical (unpaired) electrons. The van der Waals surface area contributed by atoms with Crippen molar-refractivity contribution in [2.24, 2.45) is 5.92 Å². The molecule has 0 aromatic carbocycles. The molecule has 0 bridgehead atoms. The Morgan fingerprint density at radius 1 is 1.17 bits per heavy atom. The summed E-state index contributed by atoms with van der Waals surface area (Å²) in [5.41, 5.74) is 0. The van der Waals surface area contributed by atoms with E-state index in [4.69, 9.17) is 5.11 Å². The lowest BCUT2D eigenvalue weighted by Gasteiger charge is -2.19. The van der Waals surface area contributed by atoms with E-state index in [0.29, 0.717) is 6.42 Å². The molecule has 0 aromatic heterocycles. The summed E-state index contributed by atoms with van der Waals surface area (Å²) in [5, 5.41) is 11.5. The van der Waals surface area contributed by atoms with Crippen LogP contribution in [0.15, 0.2) is 0 Å². The molecule has 2 N–H and O–H groups in total. The Kier molecular flexibility index (Phi) is 9.33. The Balaban J connectivity index is 3.92. The summed E-state index contributed by atoms with van der Waals surface area (Å²) in [7, 11) is 0. The van der Waals surface area contributed by atoms with E-state index in [1.54, 1.807) is 0 Å². The first-order valence-electron chi connectivity index (χ1n) is 7.03. The van der Waals surface area contributed by atoms with Gasteiger partial charge in [0.2, 0.25) is 5.91 Å². The molecule has 0 aromatic rings. The number of amides is 1. The number of hydrogen-bond donors (Lipinski definition) is 2. The predicted octanol–water partition coefficient (Wildman–Crippen LogP) is 2.96. The van der Waals surface area contributed by atoms with E-state index in [2.05, 4.69) is 12.2 Å². The van der Waals surface area contributed by atoms with Crippen molar-refractivity contribution < 1.29 is 14.7 Å². The smallest absolute Gasteiger partial charge is 0.303 e. The molecule has 2 atom stereocenters. The highest BCUT2D eigenvalue weighted by Gasteiger charge is 2.17. The highest BCUT2D eigenvalue weighted by atomic mass is 16.4. The molecular formula is C14H27NO3. The van der Waals surface area contributed by atoms with Gasteiger partial charge in [-0.3, -0.25) is 9.59 Å². The van der Waals surface area contributed by atoms with Gasteiger partial charge in [-0.05, 0) is 32.6 Å². The number of carbonyl (C=O) groups excluding carboxylic acids is 1. The number of carboxylic acids is 1. The molecule has 0 aliphatic rings. The van der Waals surface area contributed by atoms with Gasteiger partial charge in [0.05, 0.1) is 0 Å². The highest BCUT2D eigenvalue weighted by Crippen LogP contribution is 2.13. The number of rotatable bonds is 10. The van der Waals surface area contributed by atoms with Crippen LogP contribution < -0.4 is 5.32 Å². The van der Waals surface area contributed by atoms with Gasteiger partial charge < -0.3 is 10.4 Å². The molecule has 0 aliphatic heterocycles. The van der Waals surface area contributed by atoms with Crippen LogP contribution in [0.5, 0.6) is 0 Å². The van der Waals surface area contributed by atoms with Crippen molar-refractivity contribution in [1.82, 2.24) is 5.32 Å². The molecule has 0 spiro atoms. The molecule has 1 amide bonds. The molecule has 4 nitrogen and oxygen atoms in total. The van der Waals surface area contributed by atoms with Gasteiger partial charge in [-0.25, -0.2) is 0 Å². The number of carbonyl (C=O) groups is 2. The van der Waals surface area contributed by atoms with E-state index < -0.39 is 5.97 Å². The van der Waals surface area contributed by atoms with Crippen molar-refractivity contribution in [3.8, 4) is 0 Å². The maximum atomic E-state index is 12.0. The Bertz CT molecular complexity index is 253. The fourth-order valence-corrected chi connectivity index (χ4v) is 1.96. The van der Waals surface area contributed by atoms with Crippen LogP contribution in [0.1, 0.15) is 65.7 Å². The first-order valence-corrected chi connectivity index (χ1v) is 7.03. The predicted molar refractivity (Wildman–Crippen MR) is 72.4 cm³/mol. The SMILES string of the molecule is CCCCC(CC)C(=O)NC(C)CCCC(=O)O. The Labute approximate surface area is 110 Å². The standard InChI is InChI=1S/C14H27NO3/c1-4-6-9-12(5-2)14(18)15-11(3)8-7-10-13(16)17/h11-12H,4-10H2,1-3H3,(H,15,18)(H,16,17). The van der Waals surface area contributed by atoms with E-state index in [-0.39, 0.29) is 24.3 Å². The van der Waals surface area contributed by atoms with Crippen LogP contribution in [0.25, 0.3) is 0 Å². The monoisotopic (exact) mass is 257 g/mol. The van der Waals surface area contributed by atoms with Crippen LogP contribution in [0, 0.1) is 5.92 Å². The number of aliphatic carboxylic acids is 1. The molecule has 2 unspecified atom stereocenters. The van der Waals surface area contributed by atoms with E-state index in [0.717, 1.165) is 32.1 Å². The van der Waals surface area contributed by atoms with E-state index >= 15 is 0 Å². The fourth-order valence-electron chi connectivity index (χ4n) is 1.96. The van der Waals surface area contributed by atoms with Gasteiger partial charge in [0.25, 0.3) is 0 Å². The van der Waals surface area contributed by atoms with Crippen molar-refractivity contribution in [2.45, 2.75) is 71.8 Å². The van der Waals surface area contributed by atoms with E-state index in [1.807, 2.05) is 13.8 Å². The normalized spacial score (nSPS) is 13.9. The van der Waals surface area contributed by atoms with Crippen LogP contribution in [0.2, 0.25) is 0 Å². The average Bonchev–Trinajstić information content (AvgIpc) is 2.29. The lowest BCUT2D eigenvalue weighted by molar-refractivity contribution is -0.137. The minimum atomic E-state index is -0.775. The third-order valence-electron chi connectivity index (χ3n) is 3.19. The number of unbranched alkanes of at least 4 members (excludes halogenated alkanes) is 1. The molecule has 4 heteroatoms. The second-order valence-electron chi connectivity index (χ2n) is 4.94. The molecule has 0 aliphatic carbocycles. The van der Waals surface area contributed by atoms with E-state index in [9.17, 15) is 9.59 Å². The molecule has 0 saturated carbocycles. The van der Waals surface area contributed by atoms with Gasteiger partial charge >= 0.3 is 5.97 Å². The topological polar surface area (TPSA) is 66.4 Å². The molecule has 0 fully saturated rings. The summed E-state index contributed by atoms with van der Waals surface area (Å²) in [4.78, 5) is 22.3. The van der Waals surface area contributed by atoms with Crippen LogP contribution >= 0.6 is 0 Å². The number of carboxylic acid groups (broad SMARTS) is 1. The maximum Gasteiger partial charge on any atom is 0.303 e. The van der Waals surface area contributed by atoms with Gasteiger partial charge in [-0.2, -0.15) is 0 Å². The van der Waals surface area contributed by atoms with Crippen molar-refractivity contribution >= 4 is 11.9 Å². The molecular weight excluding hydrogens is 230 g/mol. The zero-order valence-electron chi connectivity index (χ0n) is 11.9. The van der Waals surface area contributed by atoms with Gasteiger partial charge in [-0.15, -0.1) is 0 Å². The van der Waals surface area contributed by atoms with E-state index in [1.165, 1.54) is 0 Å². The quantitative estimate of drug-likeness (QED) is 0.632. The minimum Gasteiger partial charge on any atom is -0.481 e. The van der Waals surface area contributed by atoms with Gasteiger partial charge in [0.1, 0.15) is 0 Å². The molecule has 106 valence electrons. The summed E-state index contributed by atoms with van der Waals surface area (Å²) in [6.45, 7) is 6.10. The minimum absolute atomic E-state index is 0.0625. The van der Waals surface area contributed by atoms with Crippen LogP contribution in [0.3, 0.4) is 0 Å². The lowest BCUT2D eigenvalue weighted by Crippen LogP contribution is -2.37. The third-order valence-corrected chi connectivity index (χ3v) is 3.19. The molecule has 0 heterocycles. The van der Waals surface area contributed by atoms with Crippen LogP contribution in [-0.2, 0) is 9.59 Å². The van der Waals surface area contributed by atoms with Crippen molar-refractivity contribution in [3.63, 3.8) is 0 Å². The van der Waals surface area contributed by atoms with Gasteiger partial charge in [0.15, 0.2) is 0 Å². The second kappa shape index (κ2) is 9.92. The Hall–Kier alpha value is -1.06. The fraction of sp³-hybridized carbons (Fsp3) is 0.857. The second-order valence-corrected chi connectivity index (χ2v) is 4.94. The summed E-state index contributed by atoms with van der Waals surface area (Å²) in [6.07, 6.45) is 5.52. The zero-order chi connectivity index (χ0) is 14.0. The van der Waals surface area contributed by atoms with Gasteiger partial charge in [0, 0.05) is 18.4 Å². The molecule has 0 saturated heterocycles. The summed E-state index contributed by atoms with van der Waals surface area (Å²) in [5.74, 6) is -0.552. The van der Waals surface area contributed by atoms with Crippen molar-refractivity contribution in [2.75, 3.05) is 0 Å². The maximum absolute atomic E-state index is 12.0. The Morgan fingerprint density at radius 2 is 1.83 bits per heavy atom. The summed E-state index contributed by atoms with van der Waals surface area (Å²) < 4.78 is 0. The summed E-state index contributed by atoms with van der Waals surface area (Å²) >= 11 is 0. The number of nitrogens with one attached hydrogen (secondary N) is 1. The lowest BCUT2D eigenvalue weighted by atomic mass is 9.98. The van der Waals surface area contributed by atoms with Gasteiger partial charge in [-0.1, -0.05) is 26.7 Å². The first kappa shape index (κ1) is 16.9. The molecule has 18 heavy (non-hydrogen) atoms. The summed E-state index contributed by atoms with van der Waals surface area (Å²) in [6, 6.07) is 0.0625. The van der Waals surface area contributed by atoms with Crippen molar-refractivity contribution in [3.05, 3.63) is 0 Å². The largest absolute Gasteiger partial charge is 0.481 e. The molecule has 0 rings (SSSR count). The Morgan fingerprint density at radius 3 is 2.33 bits per heavy atom. The zero-order valence-corrected chi connectivity index (χ0v) is 11.9. The first-order chi connectivity index (χ1) is 8.51. The number of hydrogen-bond acceptors (Lipinski definition) is 2. The van der Waals surface area contributed by atoms with Crippen LogP contribution in [-0.4, -0.2) is 23.0 Å².